The first-order chi connectivity index (χ1) is 9.99. The lowest BCUT2D eigenvalue weighted by Gasteiger charge is -2.07. The van der Waals surface area contributed by atoms with Gasteiger partial charge in [-0.05, 0) is 30.5 Å². The van der Waals surface area contributed by atoms with Crippen LogP contribution in [0.2, 0.25) is 0 Å². The highest BCUT2D eigenvalue weighted by molar-refractivity contribution is 7.89. The summed E-state index contributed by atoms with van der Waals surface area (Å²) in [6.45, 7) is 0.300. The molecule has 0 aliphatic rings. The predicted octanol–water partition coefficient (Wildman–Crippen LogP) is 1.37. The molecule has 0 saturated carbocycles. The standard InChI is InChI=1S/C14H18N2O4S/c1-20-14(17)11-12-5-7-13(8-6-12)21(18,19)16-10-4-2-3-9-15/h5-8,16H,2-4,10-11H2,1H3. The summed E-state index contributed by atoms with van der Waals surface area (Å²) in [5, 5.41) is 8.39. The van der Waals surface area contributed by atoms with Crippen LogP contribution in [-0.2, 0) is 26.0 Å². The van der Waals surface area contributed by atoms with Crippen molar-refractivity contribution in [1.82, 2.24) is 4.72 Å². The zero-order valence-electron chi connectivity index (χ0n) is 11.8. The number of benzene rings is 1. The molecule has 21 heavy (non-hydrogen) atoms. The molecule has 0 fully saturated rings. The van der Waals surface area contributed by atoms with Gasteiger partial charge in [0.1, 0.15) is 0 Å². The van der Waals surface area contributed by atoms with E-state index < -0.39 is 10.0 Å². The van der Waals surface area contributed by atoms with Crippen molar-refractivity contribution in [2.24, 2.45) is 0 Å². The van der Waals surface area contributed by atoms with Crippen molar-refractivity contribution < 1.29 is 17.9 Å². The normalized spacial score (nSPS) is 10.9. The topological polar surface area (TPSA) is 96.3 Å². The molecule has 0 heterocycles. The molecule has 114 valence electrons. The second-order valence-corrected chi connectivity index (χ2v) is 6.18. The molecule has 0 amide bonds. The highest BCUT2D eigenvalue weighted by atomic mass is 32.2. The first kappa shape index (κ1) is 17.1. The summed E-state index contributed by atoms with van der Waals surface area (Å²) in [5.41, 5.74) is 0.690. The summed E-state index contributed by atoms with van der Waals surface area (Å²) in [5.74, 6) is -0.374. The summed E-state index contributed by atoms with van der Waals surface area (Å²) in [4.78, 5) is 11.3. The lowest BCUT2D eigenvalue weighted by molar-refractivity contribution is -0.139. The molecular formula is C14H18N2O4S. The van der Waals surface area contributed by atoms with E-state index in [-0.39, 0.29) is 17.3 Å². The molecular weight excluding hydrogens is 292 g/mol. The summed E-state index contributed by atoms with van der Waals surface area (Å²) in [6, 6.07) is 8.09. The van der Waals surface area contributed by atoms with Gasteiger partial charge in [0, 0.05) is 13.0 Å². The summed E-state index contributed by atoms with van der Waals surface area (Å²) in [7, 11) is -2.24. The number of sulfonamides is 1. The molecule has 1 aromatic carbocycles. The van der Waals surface area contributed by atoms with Gasteiger partial charge in [-0.1, -0.05) is 12.1 Å². The monoisotopic (exact) mass is 310 g/mol. The van der Waals surface area contributed by atoms with E-state index in [1.165, 1.54) is 19.2 Å². The SMILES string of the molecule is COC(=O)Cc1ccc(S(=O)(=O)NCCCCC#N)cc1. The number of esters is 1. The van der Waals surface area contributed by atoms with Crippen LogP contribution in [0.1, 0.15) is 24.8 Å². The molecule has 0 atom stereocenters. The Hall–Kier alpha value is -1.91. The van der Waals surface area contributed by atoms with Crippen LogP contribution in [0.3, 0.4) is 0 Å². The first-order valence-corrected chi connectivity index (χ1v) is 8.00. The Bertz CT molecular complexity index is 603. The van der Waals surface area contributed by atoms with E-state index in [0.717, 1.165) is 0 Å². The third kappa shape index (κ3) is 5.94. The highest BCUT2D eigenvalue weighted by Gasteiger charge is 2.13. The fourth-order valence-corrected chi connectivity index (χ4v) is 2.72. The van der Waals surface area contributed by atoms with Gasteiger partial charge in [0.05, 0.1) is 24.5 Å². The molecule has 0 saturated heterocycles. The van der Waals surface area contributed by atoms with E-state index in [1.807, 2.05) is 6.07 Å². The molecule has 7 heteroatoms. The minimum atomic E-state index is -3.55. The van der Waals surface area contributed by atoms with E-state index in [9.17, 15) is 13.2 Å². The van der Waals surface area contributed by atoms with Crippen molar-refractivity contribution >= 4 is 16.0 Å². The van der Waals surface area contributed by atoms with E-state index >= 15 is 0 Å². The van der Waals surface area contributed by atoms with Gasteiger partial charge in [-0.25, -0.2) is 13.1 Å². The van der Waals surface area contributed by atoms with Crippen molar-refractivity contribution in [2.45, 2.75) is 30.6 Å². The minimum absolute atomic E-state index is 0.110. The number of ether oxygens (including phenoxy) is 1. The third-order valence-corrected chi connectivity index (χ3v) is 4.29. The van der Waals surface area contributed by atoms with Crippen LogP contribution in [-0.4, -0.2) is 28.0 Å². The number of carbonyl (C=O) groups is 1. The largest absolute Gasteiger partial charge is 0.469 e. The van der Waals surface area contributed by atoms with Crippen LogP contribution in [0.4, 0.5) is 0 Å². The Balaban J connectivity index is 2.59. The smallest absolute Gasteiger partial charge is 0.309 e. The van der Waals surface area contributed by atoms with E-state index in [4.69, 9.17) is 5.26 Å². The lowest BCUT2D eigenvalue weighted by Crippen LogP contribution is -2.24. The molecule has 0 bridgehead atoms. The first-order valence-electron chi connectivity index (χ1n) is 6.52. The highest BCUT2D eigenvalue weighted by Crippen LogP contribution is 2.11. The van der Waals surface area contributed by atoms with Crippen molar-refractivity contribution in [3.63, 3.8) is 0 Å². The maximum atomic E-state index is 12.0. The Morgan fingerprint density at radius 2 is 1.95 bits per heavy atom. The van der Waals surface area contributed by atoms with Crippen LogP contribution in [0.15, 0.2) is 29.2 Å². The van der Waals surface area contributed by atoms with E-state index in [1.54, 1.807) is 12.1 Å². The summed E-state index contributed by atoms with van der Waals surface area (Å²) in [6.07, 6.45) is 1.81. The van der Waals surface area contributed by atoms with Gasteiger partial charge in [-0.2, -0.15) is 5.26 Å². The Morgan fingerprint density at radius 1 is 1.29 bits per heavy atom. The second kappa shape index (κ2) is 8.39. The fourth-order valence-electron chi connectivity index (χ4n) is 1.64. The molecule has 0 aromatic heterocycles. The van der Waals surface area contributed by atoms with Gasteiger partial charge < -0.3 is 4.74 Å². The van der Waals surface area contributed by atoms with Gasteiger partial charge in [0.25, 0.3) is 0 Å². The zero-order valence-corrected chi connectivity index (χ0v) is 12.6. The molecule has 1 aromatic rings. The molecule has 0 aliphatic heterocycles. The van der Waals surface area contributed by atoms with Crippen molar-refractivity contribution in [2.75, 3.05) is 13.7 Å². The number of nitrogens with one attached hydrogen (secondary N) is 1. The van der Waals surface area contributed by atoms with Gasteiger partial charge in [-0.15, -0.1) is 0 Å². The zero-order chi connectivity index (χ0) is 15.7. The van der Waals surface area contributed by atoms with E-state index in [2.05, 4.69) is 9.46 Å². The molecule has 1 rings (SSSR count). The minimum Gasteiger partial charge on any atom is -0.469 e. The molecule has 0 radical (unpaired) electrons. The average molecular weight is 310 g/mol. The quantitative estimate of drug-likeness (QED) is 0.578. The number of carbonyl (C=O) groups excluding carboxylic acids is 1. The molecule has 0 spiro atoms. The average Bonchev–Trinajstić information content (AvgIpc) is 2.47. The summed E-state index contributed by atoms with van der Waals surface area (Å²) < 4.78 is 31.0. The number of nitriles is 1. The molecule has 0 unspecified atom stereocenters. The van der Waals surface area contributed by atoms with Crippen LogP contribution in [0, 0.1) is 11.3 Å². The summed E-state index contributed by atoms with van der Waals surface area (Å²) >= 11 is 0. The van der Waals surface area contributed by atoms with Gasteiger partial charge >= 0.3 is 5.97 Å². The van der Waals surface area contributed by atoms with Gasteiger partial charge in [-0.3, -0.25) is 4.79 Å². The number of nitrogens with zero attached hydrogens (tertiary/aromatic N) is 1. The number of rotatable bonds is 8. The second-order valence-electron chi connectivity index (χ2n) is 4.41. The Kier molecular flexibility index (Phi) is 6.85. The number of methoxy groups -OCH3 is 1. The van der Waals surface area contributed by atoms with Crippen LogP contribution < -0.4 is 4.72 Å². The van der Waals surface area contributed by atoms with Crippen molar-refractivity contribution in [3.05, 3.63) is 29.8 Å². The lowest BCUT2D eigenvalue weighted by atomic mass is 10.2. The molecule has 6 nitrogen and oxygen atoms in total. The Labute approximate surface area is 124 Å². The predicted molar refractivity (Wildman–Crippen MR) is 76.8 cm³/mol. The molecule has 1 N–H and O–H groups in total. The van der Waals surface area contributed by atoms with Crippen LogP contribution in [0.5, 0.6) is 0 Å². The molecule has 0 aliphatic carbocycles. The number of hydrogen-bond donors (Lipinski definition) is 1. The van der Waals surface area contributed by atoms with Crippen molar-refractivity contribution in [1.29, 1.82) is 5.26 Å². The van der Waals surface area contributed by atoms with Gasteiger partial charge in [0.2, 0.25) is 10.0 Å². The van der Waals surface area contributed by atoms with Crippen LogP contribution >= 0.6 is 0 Å². The number of unbranched alkanes of at least 4 members (excludes halogenated alkanes) is 2. The van der Waals surface area contributed by atoms with Crippen LogP contribution in [0.25, 0.3) is 0 Å². The third-order valence-electron chi connectivity index (χ3n) is 2.82. The Morgan fingerprint density at radius 3 is 2.52 bits per heavy atom. The van der Waals surface area contributed by atoms with E-state index in [0.29, 0.717) is 31.4 Å². The maximum absolute atomic E-state index is 12.0. The fraction of sp³-hybridized carbons (Fsp3) is 0.429. The number of hydrogen-bond acceptors (Lipinski definition) is 5. The van der Waals surface area contributed by atoms with Gasteiger partial charge in [0.15, 0.2) is 0 Å². The van der Waals surface area contributed by atoms with Crippen molar-refractivity contribution in [3.8, 4) is 6.07 Å². The maximum Gasteiger partial charge on any atom is 0.309 e.